The molecule has 5 heteroatoms. The van der Waals surface area contributed by atoms with Gasteiger partial charge in [0, 0.05) is 13.2 Å². The third kappa shape index (κ3) is 1.27. The highest BCUT2D eigenvalue weighted by Gasteiger charge is 2.00. The first kappa shape index (κ1) is 7.08. The predicted octanol–water partition coefficient (Wildman–Crippen LogP) is 0.882. The molecule has 0 aliphatic rings. The average molecular weight is 160 g/mol. The lowest BCUT2D eigenvalue weighted by Gasteiger charge is -1.81. The van der Waals surface area contributed by atoms with Crippen molar-refractivity contribution in [1.82, 2.24) is 9.78 Å². The topological polar surface area (TPSA) is 50.4 Å². The quantitative estimate of drug-likeness (QED) is 0.376. The first-order chi connectivity index (χ1) is 4.74. The van der Waals surface area contributed by atoms with Crippen LogP contribution >= 0.6 is 11.6 Å². The van der Waals surface area contributed by atoms with Gasteiger partial charge in [0.25, 0.3) is 0 Å². The van der Waals surface area contributed by atoms with E-state index in [0.717, 1.165) is 0 Å². The van der Waals surface area contributed by atoms with Gasteiger partial charge in [0.05, 0.1) is 11.2 Å². The van der Waals surface area contributed by atoms with Crippen molar-refractivity contribution in [2.75, 3.05) is 0 Å². The largest absolute Gasteiger partial charge is 0.411 e. The Morgan fingerprint density at radius 3 is 3.00 bits per heavy atom. The first-order valence-electron chi connectivity index (χ1n) is 2.60. The second kappa shape index (κ2) is 2.70. The lowest BCUT2D eigenvalue weighted by atomic mass is 10.5. The molecule has 0 radical (unpaired) electrons. The zero-order valence-corrected chi connectivity index (χ0v) is 6.08. The number of aryl methyl sites for hydroxylation is 1. The Kier molecular flexibility index (Phi) is 1.91. The molecule has 0 spiro atoms. The van der Waals surface area contributed by atoms with Crippen LogP contribution in [0.3, 0.4) is 0 Å². The van der Waals surface area contributed by atoms with Crippen LogP contribution in [0.2, 0.25) is 5.02 Å². The summed E-state index contributed by atoms with van der Waals surface area (Å²) in [4.78, 5) is 0. The van der Waals surface area contributed by atoms with E-state index in [1.54, 1.807) is 17.9 Å². The Bertz CT molecular complexity index is 255. The summed E-state index contributed by atoms with van der Waals surface area (Å²) in [6.45, 7) is 0. The Morgan fingerprint density at radius 2 is 2.60 bits per heavy atom. The molecule has 0 unspecified atom stereocenters. The van der Waals surface area contributed by atoms with E-state index in [1.165, 1.54) is 6.21 Å². The van der Waals surface area contributed by atoms with Gasteiger partial charge in [0.1, 0.15) is 5.69 Å². The van der Waals surface area contributed by atoms with Gasteiger partial charge in [-0.3, -0.25) is 4.68 Å². The minimum absolute atomic E-state index is 0.465. The van der Waals surface area contributed by atoms with Crippen LogP contribution in [0.1, 0.15) is 5.69 Å². The van der Waals surface area contributed by atoms with Crippen LogP contribution in [0.4, 0.5) is 0 Å². The average Bonchev–Trinajstić information content (AvgIpc) is 2.13. The van der Waals surface area contributed by atoms with Crippen LogP contribution in [-0.2, 0) is 7.05 Å². The maximum absolute atomic E-state index is 8.11. The molecule has 0 bridgehead atoms. The summed E-state index contributed by atoms with van der Waals surface area (Å²) in [6, 6.07) is 0. The van der Waals surface area contributed by atoms with E-state index < -0.39 is 0 Å². The molecular formula is C5H6ClN3O. The standard InChI is InChI=1S/C5H6ClN3O/c1-9-3-4(6)5(8-9)2-7-10/h2-3,10H,1H3. The van der Waals surface area contributed by atoms with Crippen molar-refractivity contribution in [3.63, 3.8) is 0 Å². The molecule has 0 aliphatic carbocycles. The molecule has 0 aliphatic heterocycles. The van der Waals surface area contributed by atoms with Gasteiger partial charge in [-0.25, -0.2) is 0 Å². The van der Waals surface area contributed by atoms with Gasteiger partial charge in [0.2, 0.25) is 0 Å². The Hall–Kier alpha value is -1.03. The number of hydrogen-bond acceptors (Lipinski definition) is 3. The summed E-state index contributed by atoms with van der Waals surface area (Å²) in [6.07, 6.45) is 2.81. The molecule has 0 fully saturated rings. The Labute approximate surface area is 62.7 Å². The van der Waals surface area contributed by atoms with Gasteiger partial charge in [-0.05, 0) is 0 Å². The van der Waals surface area contributed by atoms with Gasteiger partial charge in [0.15, 0.2) is 0 Å². The van der Waals surface area contributed by atoms with Crippen LogP contribution in [0.25, 0.3) is 0 Å². The minimum atomic E-state index is 0.465. The fraction of sp³-hybridized carbons (Fsp3) is 0.200. The molecule has 0 amide bonds. The lowest BCUT2D eigenvalue weighted by Crippen LogP contribution is -1.89. The second-order valence-corrected chi connectivity index (χ2v) is 2.19. The van der Waals surface area contributed by atoms with E-state index in [4.69, 9.17) is 16.8 Å². The number of oxime groups is 1. The molecule has 1 aromatic rings. The number of nitrogens with zero attached hydrogens (tertiary/aromatic N) is 3. The Balaban J connectivity index is 3.03. The molecule has 0 aromatic carbocycles. The van der Waals surface area contributed by atoms with Gasteiger partial charge in [-0.1, -0.05) is 16.8 Å². The molecule has 1 aromatic heterocycles. The lowest BCUT2D eigenvalue weighted by molar-refractivity contribution is 0.321. The number of hydrogen-bond donors (Lipinski definition) is 1. The normalized spacial score (nSPS) is 11.0. The zero-order chi connectivity index (χ0) is 7.56. The van der Waals surface area contributed by atoms with Gasteiger partial charge in [-0.15, -0.1) is 0 Å². The number of aromatic nitrogens is 2. The van der Waals surface area contributed by atoms with Gasteiger partial charge >= 0.3 is 0 Å². The van der Waals surface area contributed by atoms with Crippen molar-refractivity contribution in [2.24, 2.45) is 12.2 Å². The zero-order valence-electron chi connectivity index (χ0n) is 5.32. The molecule has 1 N–H and O–H groups in total. The van der Waals surface area contributed by atoms with E-state index in [2.05, 4.69) is 10.3 Å². The summed E-state index contributed by atoms with van der Waals surface area (Å²) in [5.41, 5.74) is 0.465. The summed E-state index contributed by atoms with van der Waals surface area (Å²) < 4.78 is 1.54. The monoisotopic (exact) mass is 159 g/mol. The van der Waals surface area contributed by atoms with Gasteiger partial charge < -0.3 is 5.21 Å². The molecule has 1 heterocycles. The second-order valence-electron chi connectivity index (χ2n) is 1.78. The van der Waals surface area contributed by atoms with Crippen LogP contribution < -0.4 is 0 Å². The molecular weight excluding hydrogens is 154 g/mol. The molecule has 1 rings (SSSR count). The highest BCUT2D eigenvalue weighted by molar-refractivity contribution is 6.32. The molecule has 0 saturated carbocycles. The summed E-state index contributed by atoms with van der Waals surface area (Å²) in [5, 5.41) is 15.3. The molecule has 54 valence electrons. The van der Waals surface area contributed by atoms with Crippen LogP contribution in [0.15, 0.2) is 11.4 Å². The van der Waals surface area contributed by atoms with Crippen molar-refractivity contribution in [1.29, 1.82) is 0 Å². The molecule has 0 saturated heterocycles. The van der Waals surface area contributed by atoms with Crippen molar-refractivity contribution < 1.29 is 5.21 Å². The molecule has 10 heavy (non-hydrogen) atoms. The van der Waals surface area contributed by atoms with Crippen molar-refractivity contribution in [3.05, 3.63) is 16.9 Å². The van der Waals surface area contributed by atoms with E-state index >= 15 is 0 Å². The molecule has 0 atom stereocenters. The van der Waals surface area contributed by atoms with Crippen molar-refractivity contribution in [3.8, 4) is 0 Å². The first-order valence-corrected chi connectivity index (χ1v) is 2.98. The highest BCUT2D eigenvalue weighted by Crippen LogP contribution is 2.09. The number of halogens is 1. The maximum atomic E-state index is 8.11. The van der Waals surface area contributed by atoms with E-state index in [1.807, 2.05) is 0 Å². The fourth-order valence-electron chi connectivity index (χ4n) is 0.619. The van der Waals surface area contributed by atoms with E-state index in [-0.39, 0.29) is 0 Å². The molecule has 4 nitrogen and oxygen atoms in total. The van der Waals surface area contributed by atoms with Crippen molar-refractivity contribution in [2.45, 2.75) is 0 Å². The number of rotatable bonds is 1. The smallest absolute Gasteiger partial charge is 0.125 e. The third-order valence-electron chi connectivity index (χ3n) is 0.990. The van der Waals surface area contributed by atoms with Crippen LogP contribution in [0, 0.1) is 0 Å². The summed E-state index contributed by atoms with van der Waals surface area (Å²) >= 11 is 5.64. The van der Waals surface area contributed by atoms with Crippen LogP contribution in [-0.4, -0.2) is 21.2 Å². The minimum Gasteiger partial charge on any atom is -0.411 e. The summed E-state index contributed by atoms with van der Waals surface area (Å²) in [7, 11) is 1.74. The van der Waals surface area contributed by atoms with E-state index in [0.29, 0.717) is 10.7 Å². The van der Waals surface area contributed by atoms with Gasteiger partial charge in [-0.2, -0.15) is 5.10 Å². The Morgan fingerprint density at radius 1 is 1.90 bits per heavy atom. The van der Waals surface area contributed by atoms with Crippen LogP contribution in [0.5, 0.6) is 0 Å². The SMILES string of the molecule is Cn1cc(Cl)c(C=NO)n1. The fourth-order valence-corrected chi connectivity index (χ4v) is 0.847. The summed E-state index contributed by atoms with van der Waals surface area (Å²) in [5.74, 6) is 0. The predicted molar refractivity (Wildman–Crippen MR) is 37.6 cm³/mol. The maximum Gasteiger partial charge on any atom is 0.125 e. The highest BCUT2D eigenvalue weighted by atomic mass is 35.5. The van der Waals surface area contributed by atoms with Crippen molar-refractivity contribution >= 4 is 17.8 Å². The third-order valence-corrected chi connectivity index (χ3v) is 1.28. The van der Waals surface area contributed by atoms with E-state index in [9.17, 15) is 0 Å².